The number of hydrogen-bond donors (Lipinski definition) is 1. The SMILES string of the molecule is CO[C@@H]1[C@@H](n2cc(-c3cc(F)c(F)c(F)c3)nn2)[C@@H](OC(C)=O)[C@@H](COC(C)=O)O[C@H]1S[C@@H]1COC[C@H](N=[N+]=[N-])[C@H]1O. The lowest BCUT2D eigenvalue weighted by Crippen LogP contribution is -2.58. The Balaban J connectivity index is 1.73. The molecular weight excluding hydrogens is 589 g/mol. The lowest BCUT2D eigenvalue weighted by molar-refractivity contribution is -0.208. The van der Waals surface area contributed by atoms with Crippen LogP contribution in [0.5, 0.6) is 0 Å². The summed E-state index contributed by atoms with van der Waals surface area (Å²) in [6.45, 7) is 2.08. The summed E-state index contributed by atoms with van der Waals surface area (Å²) in [4.78, 5) is 26.5. The van der Waals surface area contributed by atoms with Gasteiger partial charge < -0.3 is 28.8 Å². The van der Waals surface area contributed by atoms with Crippen LogP contribution in [0.3, 0.4) is 0 Å². The number of methoxy groups -OCH3 is 1. The Morgan fingerprint density at radius 1 is 1.21 bits per heavy atom. The van der Waals surface area contributed by atoms with E-state index in [1.54, 1.807) is 0 Å². The number of carbonyl (C=O) groups is 2. The molecule has 1 aromatic carbocycles. The van der Waals surface area contributed by atoms with Crippen LogP contribution in [0.4, 0.5) is 13.2 Å². The number of thioether (sulfide) groups is 1. The van der Waals surface area contributed by atoms with Crippen LogP contribution < -0.4 is 0 Å². The first-order chi connectivity index (χ1) is 20.0. The second-order valence-corrected chi connectivity index (χ2v) is 10.8. The van der Waals surface area contributed by atoms with Crippen LogP contribution >= 0.6 is 11.8 Å². The van der Waals surface area contributed by atoms with Gasteiger partial charge in [0.2, 0.25) is 0 Å². The molecule has 0 saturated carbocycles. The minimum atomic E-state index is -1.64. The summed E-state index contributed by atoms with van der Waals surface area (Å²) in [7, 11) is 1.35. The van der Waals surface area contributed by atoms with Gasteiger partial charge in [-0.15, -0.1) is 16.9 Å². The summed E-state index contributed by atoms with van der Waals surface area (Å²) in [5.41, 5.74) is 7.75. The summed E-state index contributed by atoms with van der Waals surface area (Å²) < 4.78 is 70.8. The Morgan fingerprint density at radius 2 is 1.93 bits per heavy atom. The van der Waals surface area contributed by atoms with Crippen LogP contribution in [0.15, 0.2) is 23.4 Å². The number of carbonyl (C=O) groups excluding carboxylic acids is 2. The van der Waals surface area contributed by atoms with Crippen molar-refractivity contribution in [1.29, 1.82) is 0 Å². The molecule has 8 atom stereocenters. The van der Waals surface area contributed by atoms with Crippen molar-refractivity contribution in [3.8, 4) is 11.3 Å². The van der Waals surface area contributed by atoms with E-state index >= 15 is 0 Å². The number of ether oxygens (including phenoxy) is 5. The lowest BCUT2D eigenvalue weighted by Gasteiger charge is -2.46. The maximum Gasteiger partial charge on any atom is 0.303 e. The molecule has 0 amide bonds. The highest BCUT2D eigenvalue weighted by Crippen LogP contribution is 2.41. The predicted molar refractivity (Wildman–Crippen MR) is 137 cm³/mol. The maximum atomic E-state index is 13.9. The molecule has 2 saturated heterocycles. The minimum absolute atomic E-state index is 0.0139. The number of azide groups is 1. The number of esters is 2. The van der Waals surface area contributed by atoms with Gasteiger partial charge in [0, 0.05) is 31.4 Å². The van der Waals surface area contributed by atoms with E-state index in [2.05, 4.69) is 20.3 Å². The number of aliphatic hydroxyl groups excluding tert-OH is 1. The van der Waals surface area contributed by atoms with E-state index in [-0.39, 0.29) is 31.1 Å². The molecule has 2 aromatic rings. The fourth-order valence-corrected chi connectivity index (χ4v) is 6.19. The Labute approximate surface area is 241 Å². The maximum absolute atomic E-state index is 13.9. The molecule has 0 bridgehead atoms. The summed E-state index contributed by atoms with van der Waals surface area (Å²) in [6, 6.07) is -0.375. The van der Waals surface area contributed by atoms with Gasteiger partial charge in [-0.3, -0.25) is 9.59 Å². The number of aromatic nitrogens is 3. The van der Waals surface area contributed by atoms with Crippen molar-refractivity contribution in [2.24, 2.45) is 5.11 Å². The second kappa shape index (κ2) is 13.7. The second-order valence-electron chi connectivity index (χ2n) is 9.42. The highest BCUT2D eigenvalue weighted by atomic mass is 32.2. The third kappa shape index (κ3) is 6.96. The Morgan fingerprint density at radius 3 is 2.55 bits per heavy atom. The normalized spacial score (nSPS) is 29.4. The first-order valence-electron chi connectivity index (χ1n) is 12.5. The number of aliphatic hydroxyl groups is 1. The van der Waals surface area contributed by atoms with Crippen LogP contribution in [0.25, 0.3) is 21.7 Å². The van der Waals surface area contributed by atoms with Crippen molar-refractivity contribution in [2.45, 2.75) is 61.0 Å². The van der Waals surface area contributed by atoms with Gasteiger partial charge in [-0.2, -0.15) is 0 Å². The van der Waals surface area contributed by atoms with E-state index in [1.165, 1.54) is 24.9 Å². The average molecular weight is 617 g/mol. The first-order valence-corrected chi connectivity index (χ1v) is 13.5. The Hall–Kier alpha value is -3.41. The van der Waals surface area contributed by atoms with Gasteiger partial charge in [0.1, 0.15) is 36.0 Å². The fourth-order valence-electron chi connectivity index (χ4n) is 4.70. The number of benzene rings is 1. The Kier molecular flexibility index (Phi) is 10.3. The molecule has 0 aliphatic carbocycles. The largest absolute Gasteiger partial charge is 0.463 e. The lowest BCUT2D eigenvalue weighted by atomic mass is 9.96. The quantitative estimate of drug-likeness (QED) is 0.144. The van der Waals surface area contributed by atoms with Gasteiger partial charge >= 0.3 is 11.9 Å². The van der Waals surface area contributed by atoms with Crippen molar-refractivity contribution in [1.82, 2.24) is 15.0 Å². The molecular formula is C24H27F3N6O8S. The molecule has 228 valence electrons. The van der Waals surface area contributed by atoms with E-state index in [0.717, 1.165) is 30.8 Å². The van der Waals surface area contributed by atoms with Gasteiger partial charge in [-0.25, -0.2) is 17.9 Å². The monoisotopic (exact) mass is 616 g/mol. The van der Waals surface area contributed by atoms with Crippen molar-refractivity contribution in [3.63, 3.8) is 0 Å². The minimum Gasteiger partial charge on any atom is -0.463 e. The van der Waals surface area contributed by atoms with Gasteiger partial charge in [0.15, 0.2) is 23.6 Å². The summed E-state index contributed by atoms with van der Waals surface area (Å²) in [5.74, 6) is -5.84. The van der Waals surface area contributed by atoms with Crippen LogP contribution in [-0.4, -0.2) is 100 Å². The zero-order valence-electron chi connectivity index (χ0n) is 22.5. The van der Waals surface area contributed by atoms with E-state index in [4.69, 9.17) is 29.2 Å². The number of hydrogen-bond acceptors (Lipinski definition) is 12. The average Bonchev–Trinajstić information content (AvgIpc) is 3.42. The summed E-state index contributed by atoms with van der Waals surface area (Å²) in [6.07, 6.45) is -3.04. The van der Waals surface area contributed by atoms with Crippen LogP contribution in [-0.2, 0) is 33.3 Å². The molecule has 18 heteroatoms. The third-order valence-electron chi connectivity index (χ3n) is 6.59. The predicted octanol–water partition coefficient (Wildman–Crippen LogP) is 2.31. The van der Waals surface area contributed by atoms with Crippen molar-refractivity contribution in [3.05, 3.63) is 46.2 Å². The van der Waals surface area contributed by atoms with E-state index in [1.807, 2.05) is 0 Å². The molecule has 42 heavy (non-hydrogen) atoms. The van der Waals surface area contributed by atoms with Gasteiger partial charge in [-0.05, 0) is 17.7 Å². The molecule has 1 N–H and O–H groups in total. The highest BCUT2D eigenvalue weighted by Gasteiger charge is 2.52. The molecule has 2 aliphatic rings. The van der Waals surface area contributed by atoms with Crippen molar-refractivity contribution in [2.75, 3.05) is 26.9 Å². The standard InChI is InChI=1S/C24H27F3N6O8S/c1-10(34)39-8-17-22(40-11(2)35)20(33-6-15(30-32-33)12-4-13(25)19(27)14(26)5-12)23(37-3)24(41-17)42-18-9-38-7-16(21(18)36)29-31-28/h4-6,16-18,20-24,36H,7-9H2,1-3H3/t16-,17+,18+,20-,21+,22-,23+,24-/m0/s1. The molecule has 0 radical (unpaired) electrons. The topological polar surface area (TPSA) is 180 Å². The highest BCUT2D eigenvalue weighted by molar-refractivity contribution is 8.00. The van der Waals surface area contributed by atoms with Crippen LogP contribution in [0.1, 0.15) is 19.9 Å². The van der Waals surface area contributed by atoms with E-state index in [9.17, 15) is 27.9 Å². The third-order valence-corrected chi connectivity index (χ3v) is 8.00. The van der Waals surface area contributed by atoms with Crippen molar-refractivity contribution < 1.29 is 51.6 Å². The van der Waals surface area contributed by atoms with Crippen LogP contribution in [0.2, 0.25) is 0 Å². The summed E-state index contributed by atoms with van der Waals surface area (Å²) >= 11 is 1.09. The molecule has 2 aliphatic heterocycles. The molecule has 14 nitrogen and oxygen atoms in total. The van der Waals surface area contributed by atoms with E-state index in [0.29, 0.717) is 0 Å². The van der Waals surface area contributed by atoms with Crippen LogP contribution in [0, 0.1) is 17.5 Å². The number of rotatable bonds is 9. The van der Waals surface area contributed by atoms with Crippen molar-refractivity contribution >= 4 is 23.7 Å². The summed E-state index contributed by atoms with van der Waals surface area (Å²) in [5, 5.41) is 21.8. The smallest absolute Gasteiger partial charge is 0.303 e. The van der Waals surface area contributed by atoms with Gasteiger partial charge in [0.05, 0.1) is 36.8 Å². The molecule has 4 rings (SSSR count). The first kappa shape index (κ1) is 31.5. The van der Waals surface area contributed by atoms with Gasteiger partial charge in [-0.1, -0.05) is 10.3 Å². The molecule has 0 spiro atoms. The molecule has 1 aromatic heterocycles. The zero-order valence-corrected chi connectivity index (χ0v) is 23.3. The number of halogens is 3. The molecule has 3 heterocycles. The van der Waals surface area contributed by atoms with Gasteiger partial charge in [0.25, 0.3) is 0 Å². The fraction of sp³-hybridized carbons (Fsp3) is 0.583. The number of nitrogens with zero attached hydrogens (tertiary/aromatic N) is 6. The Bertz CT molecular complexity index is 1320. The molecule has 0 unspecified atom stereocenters. The zero-order chi connectivity index (χ0) is 30.6. The molecule has 2 fully saturated rings. The van der Waals surface area contributed by atoms with E-state index < -0.39 is 76.6 Å².